The zero-order valence-electron chi connectivity index (χ0n) is 17.1. The minimum Gasteiger partial charge on any atom is -0.396 e. The Kier molecular flexibility index (Phi) is 8.20. The summed E-state index contributed by atoms with van der Waals surface area (Å²) >= 11 is 5.95. The number of anilines is 1. The predicted molar refractivity (Wildman–Crippen MR) is 122 cm³/mol. The molecule has 0 unspecified atom stereocenters. The van der Waals surface area contributed by atoms with E-state index in [9.17, 15) is 5.11 Å². The lowest BCUT2D eigenvalue weighted by Crippen LogP contribution is -2.36. The van der Waals surface area contributed by atoms with E-state index in [4.69, 9.17) is 16.6 Å². The fraction of sp³-hybridized carbons (Fsp3) is 0.435. The zero-order valence-corrected chi connectivity index (χ0v) is 17.8. The number of guanidine groups is 1. The van der Waals surface area contributed by atoms with E-state index in [0.29, 0.717) is 25.6 Å². The highest BCUT2D eigenvalue weighted by Crippen LogP contribution is 2.23. The standard InChI is InChI=1S/C23H31ClN4O/c1-2-25-23(26-15-18-3-7-21(24)8-4-18)27-16-19-5-9-22(10-6-19)28-13-11-20(17-29)12-14-28/h3-10,20,29H,2,11-17H2,1H3,(H2,25,26,27). The van der Waals surface area contributed by atoms with E-state index in [1.54, 1.807) is 0 Å². The maximum atomic E-state index is 9.29. The Morgan fingerprint density at radius 3 is 2.31 bits per heavy atom. The van der Waals surface area contributed by atoms with Crippen molar-refractivity contribution in [1.82, 2.24) is 10.6 Å². The van der Waals surface area contributed by atoms with Gasteiger partial charge in [0, 0.05) is 43.5 Å². The maximum Gasteiger partial charge on any atom is 0.191 e. The number of nitrogens with zero attached hydrogens (tertiary/aromatic N) is 2. The summed E-state index contributed by atoms with van der Waals surface area (Å²) < 4.78 is 0. The summed E-state index contributed by atoms with van der Waals surface area (Å²) in [6.45, 7) is 6.55. The molecule has 0 amide bonds. The molecule has 2 aromatic rings. The first-order valence-electron chi connectivity index (χ1n) is 10.4. The van der Waals surface area contributed by atoms with Crippen molar-refractivity contribution in [2.45, 2.75) is 32.9 Å². The molecule has 1 saturated heterocycles. The van der Waals surface area contributed by atoms with Crippen LogP contribution in [0.4, 0.5) is 5.69 Å². The van der Waals surface area contributed by atoms with Crippen LogP contribution in [0.15, 0.2) is 53.5 Å². The van der Waals surface area contributed by atoms with Crippen LogP contribution in [0.2, 0.25) is 5.02 Å². The molecule has 0 radical (unpaired) electrons. The van der Waals surface area contributed by atoms with Gasteiger partial charge in [-0.3, -0.25) is 0 Å². The van der Waals surface area contributed by atoms with Gasteiger partial charge >= 0.3 is 0 Å². The summed E-state index contributed by atoms with van der Waals surface area (Å²) in [5.74, 6) is 1.27. The molecule has 0 aliphatic carbocycles. The highest BCUT2D eigenvalue weighted by atomic mass is 35.5. The molecule has 5 nitrogen and oxygen atoms in total. The molecule has 1 aliphatic rings. The predicted octanol–water partition coefficient (Wildman–Crippen LogP) is 3.80. The molecule has 29 heavy (non-hydrogen) atoms. The van der Waals surface area contributed by atoms with Crippen LogP contribution in [0, 0.1) is 5.92 Å². The second-order valence-electron chi connectivity index (χ2n) is 7.45. The van der Waals surface area contributed by atoms with E-state index in [2.05, 4.69) is 46.7 Å². The van der Waals surface area contributed by atoms with Crippen LogP contribution < -0.4 is 15.5 Å². The largest absolute Gasteiger partial charge is 0.396 e. The molecule has 1 fully saturated rings. The van der Waals surface area contributed by atoms with Gasteiger partial charge in [0.25, 0.3) is 0 Å². The van der Waals surface area contributed by atoms with Crippen molar-refractivity contribution >= 4 is 23.2 Å². The molecule has 0 spiro atoms. The number of hydrogen-bond donors (Lipinski definition) is 3. The SMILES string of the molecule is CCNC(=NCc1ccc(N2CCC(CO)CC2)cc1)NCc1ccc(Cl)cc1. The summed E-state index contributed by atoms with van der Waals surface area (Å²) in [7, 11) is 0. The molecule has 0 saturated carbocycles. The molecule has 0 atom stereocenters. The third-order valence-corrected chi connectivity index (χ3v) is 5.56. The summed E-state index contributed by atoms with van der Waals surface area (Å²) in [5.41, 5.74) is 3.60. The average molecular weight is 415 g/mol. The Labute approximate surface area is 178 Å². The van der Waals surface area contributed by atoms with Crippen LogP contribution in [0.5, 0.6) is 0 Å². The monoisotopic (exact) mass is 414 g/mol. The lowest BCUT2D eigenvalue weighted by molar-refractivity contribution is 0.203. The van der Waals surface area contributed by atoms with Crippen LogP contribution in [0.1, 0.15) is 30.9 Å². The van der Waals surface area contributed by atoms with Gasteiger partial charge in [-0.05, 0) is 61.1 Å². The second-order valence-corrected chi connectivity index (χ2v) is 7.89. The van der Waals surface area contributed by atoms with Crippen molar-refractivity contribution < 1.29 is 5.11 Å². The van der Waals surface area contributed by atoms with Gasteiger partial charge in [-0.1, -0.05) is 35.9 Å². The number of aliphatic imine (C=N–C) groups is 1. The van der Waals surface area contributed by atoms with Gasteiger partial charge in [-0.25, -0.2) is 4.99 Å². The molecule has 0 aromatic heterocycles. The fourth-order valence-corrected chi connectivity index (χ4v) is 3.61. The summed E-state index contributed by atoms with van der Waals surface area (Å²) in [6.07, 6.45) is 2.13. The number of hydrogen-bond acceptors (Lipinski definition) is 3. The fourth-order valence-electron chi connectivity index (χ4n) is 3.49. The molecule has 6 heteroatoms. The first-order chi connectivity index (χ1) is 14.2. The molecule has 1 aliphatic heterocycles. The van der Waals surface area contributed by atoms with Crippen molar-refractivity contribution in [1.29, 1.82) is 0 Å². The summed E-state index contributed by atoms with van der Waals surface area (Å²) in [5, 5.41) is 16.7. The number of aliphatic hydroxyl groups is 1. The first kappa shape index (κ1) is 21.5. The minimum absolute atomic E-state index is 0.310. The molecule has 156 valence electrons. The Hall–Kier alpha value is -2.24. The quantitative estimate of drug-likeness (QED) is 0.476. The molecular formula is C23H31ClN4O. The van der Waals surface area contributed by atoms with Crippen molar-refractivity contribution in [3.8, 4) is 0 Å². The normalized spacial score (nSPS) is 15.4. The van der Waals surface area contributed by atoms with E-state index < -0.39 is 0 Å². The van der Waals surface area contributed by atoms with E-state index in [0.717, 1.165) is 49.0 Å². The molecule has 2 aromatic carbocycles. The molecular weight excluding hydrogens is 384 g/mol. The van der Waals surface area contributed by atoms with Crippen LogP contribution in [0.25, 0.3) is 0 Å². The van der Waals surface area contributed by atoms with Crippen LogP contribution >= 0.6 is 11.6 Å². The topological polar surface area (TPSA) is 59.9 Å². The van der Waals surface area contributed by atoms with Gasteiger partial charge in [-0.15, -0.1) is 0 Å². The van der Waals surface area contributed by atoms with Crippen molar-refractivity contribution in [3.05, 3.63) is 64.7 Å². The van der Waals surface area contributed by atoms with E-state index in [1.807, 2.05) is 24.3 Å². The number of piperidine rings is 1. The van der Waals surface area contributed by atoms with Gasteiger partial charge in [0.05, 0.1) is 6.54 Å². The van der Waals surface area contributed by atoms with Gasteiger partial charge < -0.3 is 20.6 Å². The average Bonchev–Trinajstić information content (AvgIpc) is 2.77. The Bertz CT molecular complexity index is 768. The highest BCUT2D eigenvalue weighted by molar-refractivity contribution is 6.30. The van der Waals surface area contributed by atoms with Crippen LogP contribution in [-0.4, -0.2) is 37.3 Å². The number of rotatable bonds is 7. The Morgan fingerprint density at radius 1 is 1.03 bits per heavy atom. The van der Waals surface area contributed by atoms with Crippen LogP contribution in [-0.2, 0) is 13.1 Å². The third kappa shape index (κ3) is 6.65. The number of aliphatic hydroxyl groups excluding tert-OH is 1. The molecule has 3 rings (SSSR count). The summed E-state index contributed by atoms with van der Waals surface area (Å²) in [4.78, 5) is 7.11. The van der Waals surface area contributed by atoms with E-state index in [-0.39, 0.29) is 0 Å². The third-order valence-electron chi connectivity index (χ3n) is 5.31. The van der Waals surface area contributed by atoms with Gasteiger partial charge in [0.15, 0.2) is 5.96 Å². The summed E-state index contributed by atoms with van der Waals surface area (Å²) in [6, 6.07) is 16.5. The van der Waals surface area contributed by atoms with E-state index >= 15 is 0 Å². The van der Waals surface area contributed by atoms with Crippen LogP contribution in [0.3, 0.4) is 0 Å². The van der Waals surface area contributed by atoms with Gasteiger partial charge in [0.1, 0.15) is 0 Å². The molecule has 3 N–H and O–H groups in total. The first-order valence-corrected chi connectivity index (χ1v) is 10.8. The van der Waals surface area contributed by atoms with Gasteiger partial charge in [-0.2, -0.15) is 0 Å². The van der Waals surface area contributed by atoms with Crippen molar-refractivity contribution in [3.63, 3.8) is 0 Å². The molecule has 1 heterocycles. The Balaban J connectivity index is 1.54. The van der Waals surface area contributed by atoms with Crippen molar-refractivity contribution in [2.24, 2.45) is 10.9 Å². The van der Waals surface area contributed by atoms with Crippen molar-refractivity contribution in [2.75, 3.05) is 31.1 Å². The zero-order chi connectivity index (χ0) is 20.5. The lowest BCUT2D eigenvalue weighted by atomic mass is 9.97. The maximum absolute atomic E-state index is 9.29. The number of halogens is 1. The lowest BCUT2D eigenvalue weighted by Gasteiger charge is -2.32. The number of benzene rings is 2. The highest BCUT2D eigenvalue weighted by Gasteiger charge is 2.18. The Morgan fingerprint density at radius 2 is 1.69 bits per heavy atom. The minimum atomic E-state index is 0.310. The van der Waals surface area contributed by atoms with E-state index in [1.165, 1.54) is 11.3 Å². The molecule has 0 bridgehead atoms. The second kappa shape index (κ2) is 11.1. The number of nitrogens with one attached hydrogen (secondary N) is 2. The van der Waals surface area contributed by atoms with Gasteiger partial charge in [0.2, 0.25) is 0 Å². The smallest absolute Gasteiger partial charge is 0.191 e.